The van der Waals surface area contributed by atoms with Gasteiger partial charge in [0.1, 0.15) is 5.60 Å². The molecule has 0 spiro atoms. The van der Waals surface area contributed by atoms with Crippen LogP contribution in [-0.4, -0.2) is 34.6 Å². The third-order valence-electron chi connectivity index (χ3n) is 3.80. The molecule has 1 saturated heterocycles. The van der Waals surface area contributed by atoms with Gasteiger partial charge in [-0.25, -0.2) is 0 Å². The summed E-state index contributed by atoms with van der Waals surface area (Å²) in [6.07, 6.45) is 2.14. The zero-order valence-electron chi connectivity index (χ0n) is 9.90. The van der Waals surface area contributed by atoms with Gasteiger partial charge in [-0.1, -0.05) is 11.6 Å². The minimum Gasteiger partial charge on any atom is -0.398 e. The van der Waals surface area contributed by atoms with E-state index < -0.39 is 5.60 Å². The molecular formula is C13H15ClN2O2. The van der Waals surface area contributed by atoms with Crippen molar-refractivity contribution in [1.29, 1.82) is 0 Å². The minimum absolute atomic E-state index is 0.130. The molecule has 2 fully saturated rings. The second-order valence-corrected chi connectivity index (χ2v) is 5.71. The van der Waals surface area contributed by atoms with E-state index >= 15 is 0 Å². The molecule has 0 aromatic heterocycles. The number of nitrogen functional groups attached to an aromatic ring is 1. The first-order valence-electron chi connectivity index (χ1n) is 6.06. The van der Waals surface area contributed by atoms with Gasteiger partial charge in [0.15, 0.2) is 0 Å². The molecule has 5 heteroatoms. The highest BCUT2D eigenvalue weighted by Crippen LogP contribution is 2.44. The van der Waals surface area contributed by atoms with Gasteiger partial charge < -0.3 is 15.7 Å². The smallest absolute Gasteiger partial charge is 0.256 e. The Hall–Kier alpha value is -1.26. The molecule has 0 unspecified atom stereocenters. The monoisotopic (exact) mass is 266 g/mol. The number of β-amino-alcohol motifs (C(OH)–C–C–N with tert-alkyl or cyclic N) is 1. The number of nitrogens with zero attached hydrogens (tertiary/aromatic N) is 1. The summed E-state index contributed by atoms with van der Waals surface area (Å²) < 4.78 is 0. The lowest BCUT2D eigenvalue weighted by Gasteiger charge is -2.47. The fourth-order valence-corrected chi connectivity index (χ4v) is 2.72. The predicted octanol–water partition coefficient (Wildman–Crippen LogP) is 1.52. The van der Waals surface area contributed by atoms with Crippen molar-refractivity contribution in [3.05, 3.63) is 28.8 Å². The number of carbonyl (C=O) groups excluding carboxylic acids is 1. The van der Waals surface area contributed by atoms with E-state index in [1.54, 1.807) is 23.1 Å². The average molecular weight is 267 g/mol. The first-order chi connectivity index (χ1) is 8.49. The van der Waals surface area contributed by atoms with E-state index in [4.69, 9.17) is 17.3 Å². The SMILES string of the molecule is Nc1cc(Cl)ccc1C(=O)N1CC(O)(C2CC2)C1. The van der Waals surface area contributed by atoms with Crippen molar-refractivity contribution >= 4 is 23.2 Å². The lowest BCUT2D eigenvalue weighted by Crippen LogP contribution is -2.64. The maximum atomic E-state index is 12.2. The highest BCUT2D eigenvalue weighted by Gasteiger charge is 2.53. The van der Waals surface area contributed by atoms with Crippen LogP contribution in [0.2, 0.25) is 5.02 Å². The Morgan fingerprint density at radius 2 is 2.11 bits per heavy atom. The van der Waals surface area contributed by atoms with Gasteiger partial charge in [0.2, 0.25) is 0 Å². The van der Waals surface area contributed by atoms with Gasteiger partial charge in [-0.2, -0.15) is 0 Å². The Morgan fingerprint density at radius 3 is 2.67 bits per heavy atom. The third-order valence-corrected chi connectivity index (χ3v) is 4.03. The van der Waals surface area contributed by atoms with Crippen molar-refractivity contribution in [2.24, 2.45) is 5.92 Å². The third kappa shape index (κ3) is 1.85. The fraction of sp³-hybridized carbons (Fsp3) is 0.462. The van der Waals surface area contributed by atoms with Gasteiger partial charge in [0.25, 0.3) is 5.91 Å². The summed E-state index contributed by atoms with van der Waals surface area (Å²) in [4.78, 5) is 13.8. The summed E-state index contributed by atoms with van der Waals surface area (Å²) in [7, 11) is 0. The highest BCUT2D eigenvalue weighted by atomic mass is 35.5. The van der Waals surface area contributed by atoms with Gasteiger partial charge in [-0.05, 0) is 37.0 Å². The van der Waals surface area contributed by atoms with E-state index in [2.05, 4.69) is 0 Å². The Morgan fingerprint density at radius 1 is 1.44 bits per heavy atom. The van der Waals surface area contributed by atoms with E-state index in [9.17, 15) is 9.90 Å². The van der Waals surface area contributed by atoms with Crippen LogP contribution in [-0.2, 0) is 0 Å². The molecule has 1 aliphatic carbocycles. The number of anilines is 1. The van der Waals surface area contributed by atoms with Crippen LogP contribution in [0.3, 0.4) is 0 Å². The van der Waals surface area contributed by atoms with Crippen LogP contribution in [0.4, 0.5) is 5.69 Å². The van der Waals surface area contributed by atoms with Crippen LogP contribution >= 0.6 is 11.6 Å². The fourth-order valence-electron chi connectivity index (χ4n) is 2.54. The maximum absolute atomic E-state index is 12.2. The molecule has 1 aliphatic heterocycles. The van der Waals surface area contributed by atoms with Crippen molar-refractivity contribution in [2.45, 2.75) is 18.4 Å². The topological polar surface area (TPSA) is 66.6 Å². The summed E-state index contributed by atoms with van der Waals surface area (Å²) >= 11 is 5.80. The number of likely N-dealkylation sites (tertiary alicyclic amines) is 1. The molecule has 0 radical (unpaired) electrons. The van der Waals surface area contributed by atoms with E-state index in [0.717, 1.165) is 12.8 Å². The molecule has 1 saturated carbocycles. The van der Waals surface area contributed by atoms with E-state index in [1.807, 2.05) is 0 Å². The van der Waals surface area contributed by atoms with Gasteiger partial charge in [-0.15, -0.1) is 0 Å². The molecule has 1 aromatic rings. The lowest BCUT2D eigenvalue weighted by molar-refractivity contribution is -0.0957. The van der Waals surface area contributed by atoms with Crippen LogP contribution in [0.5, 0.6) is 0 Å². The Kier molecular flexibility index (Phi) is 2.54. The van der Waals surface area contributed by atoms with E-state index in [0.29, 0.717) is 35.3 Å². The first-order valence-corrected chi connectivity index (χ1v) is 6.44. The maximum Gasteiger partial charge on any atom is 0.256 e. The van der Waals surface area contributed by atoms with Gasteiger partial charge in [0, 0.05) is 10.7 Å². The van der Waals surface area contributed by atoms with E-state index in [1.165, 1.54) is 0 Å². The Balaban J connectivity index is 1.72. The van der Waals surface area contributed by atoms with Crippen LogP contribution in [0.25, 0.3) is 0 Å². The largest absolute Gasteiger partial charge is 0.398 e. The minimum atomic E-state index is -0.656. The summed E-state index contributed by atoms with van der Waals surface area (Å²) in [5.74, 6) is 0.249. The highest BCUT2D eigenvalue weighted by molar-refractivity contribution is 6.31. The number of rotatable bonds is 2. The summed E-state index contributed by atoms with van der Waals surface area (Å²) in [6, 6.07) is 4.86. The number of nitrogens with two attached hydrogens (primary N) is 1. The quantitative estimate of drug-likeness (QED) is 0.798. The molecule has 18 heavy (non-hydrogen) atoms. The second kappa shape index (κ2) is 3.87. The molecule has 0 atom stereocenters. The molecular weight excluding hydrogens is 252 g/mol. The van der Waals surface area contributed by atoms with Crippen LogP contribution < -0.4 is 5.73 Å². The summed E-state index contributed by atoms with van der Waals surface area (Å²) in [6.45, 7) is 0.830. The van der Waals surface area contributed by atoms with Gasteiger partial charge in [0.05, 0.1) is 18.7 Å². The molecule has 96 valence electrons. The molecule has 4 nitrogen and oxygen atoms in total. The Bertz CT molecular complexity index is 508. The van der Waals surface area contributed by atoms with Crippen molar-refractivity contribution in [1.82, 2.24) is 4.90 Å². The summed E-state index contributed by atoms with van der Waals surface area (Å²) in [5.41, 5.74) is 5.97. The normalized spacial score (nSPS) is 21.6. The van der Waals surface area contributed by atoms with Crippen molar-refractivity contribution in [2.75, 3.05) is 18.8 Å². The van der Waals surface area contributed by atoms with Gasteiger partial charge in [-0.3, -0.25) is 4.79 Å². The molecule has 1 amide bonds. The standard InChI is InChI=1S/C13H15ClN2O2/c14-9-3-4-10(11(15)5-9)12(17)16-6-13(18,7-16)8-1-2-8/h3-5,8,18H,1-2,6-7,15H2. The number of benzene rings is 1. The molecule has 2 aliphatic rings. The number of hydrogen-bond donors (Lipinski definition) is 2. The Labute approximate surface area is 110 Å². The van der Waals surface area contributed by atoms with E-state index in [-0.39, 0.29) is 5.91 Å². The zero-order valence-corrected chi connectivity index (χ0v) is 10.7. The number of hydrogen-bond acceptors (Lipinski definition) is 3. The first kappa shape index (κ1) is 11.8. The zero-order chi connectivity index (χ0) is 12.9. The van der Waals surface area contributed by atoms with Crippen LogP contribution in [0, 0.1) is 5.92 Å². The van der Waals surface area contributed by atoms with Crippen molar-refractivity contribution < 1.29 is 9.90 Å². The molecule has 0 bridgehead atoms. The van der Waals surface area contributed by atoms with Crippen molar-refractivity contribution in [3.63, 3.8) is 0 Å². The number of carbonyl (C=O) groups is 1. The van der Waals surface area contributed by atoms with Crippen molar-refractivity contribution in [3.8, 4) is 0 Å². The van der Waals surface area contributed by atoms with Crippen LogP contribution in [0.1, 0.15) is 23.2 Å². The molecule has 3 N–H and O–H groups in total. The number of aliphatic hydroxyl groups is 1. The number of amides is 1. The van der Waals surface area contributed by atoms with Gasteiger partial charge >= 0.3 is 0 Å². The predicted molar refractivity (Wildman–Crippen MR) is 69.4 cm³/mol. The second-order valence-electron chi connectivity index (χ2n) is 5.27. The molecule has 1 heterocycles. The van der Waals surface area contributed by atoms with Crippen LogP contribution in [0.15, 0.2) is 18.2 Å². The average Bonchev–Trinajstić information content (AvgIpc) is 3.08. The molecule has 1 aromatic carbocycles. The lowest BCUT2D eigenvalue weighted by atomic mass is 9.88. The molecule has 3 rings (SSSR count). The number of halogens is 1. The summed E-state index contributed by atoms with van der Waals surface area (Å²) in [5, 5.41) is 10.7.